The van der Waals surface area contributed by atoms with E-state index in [1.807, 2.05) is 24.3 Å². The molecule has 162 valence electrons. The lowest BCUT2D eigenvalue weighted by Crippen LogP contribution is -2.44. The van der Waals surface area contributed by atoms with Crippen LogP contribution in [0.4, 0.5) is 5.13 Å². The second-order valence-corrected chi connectivity index (χ2v) is 8.20. The zero-order chi connectivity index (χ0) is 20.2. The predicted octanol–water partition coefficient (Wildman–Crippen LogP) is 1.92. The molecule has 2 aliphatic heterocycles. The molecule has 10 heteroatoms. The predicted molar refractivity (Wildman–Crippen MR) is 117 cm³/mol. The number of anilines is 1. The quantitative estimate of drug-likeness (QED) is 0.597. The van der Waals surface area contributed by atoms with Crippen molar-refractivity contribution in [3.05, 3.63) is 24.3 Å². The highest BCUT2D eigenvalue weighted by Crippen LogP contribution is 2.29. The molecule has 0 bridgehead atoms. The molecule has 2 saturated heterocycles. The Bertz CT molecular complexity index is 866. The van der Waals surface area contributed by atoms with Crippen LogP contribution >= 0.6 is 23.7 Å². The normalized spacial score (nSPS) is 17.4. The van der Waals surface area contributed by atoms with Crippen molar-refractivity contribution in [2.75, 3.05) is 50.8 Å². The second kappa shape index (κ2) is 10.3. The van der Waals surface area contributed by atoms with Gasteiger partial charge in [-0.25, -0.2) is 4.98 Å². The number of benzene rings is 1. The van der Waals surface area contributed by atoms with Crippen LogP contribution in [0, 0.1) is 0 Å². The Labute approximate surface area is 185 Å². The Morgan fingerprint density at radius 1 is 1.13 bits per heavy atom. The molecule has 0 atom stereocenters. The smallest absolute Gasteiger partial charge is 0.248 e. The number of imide groups is 1. The van der Waals surface area contributed by atoms with Crippen molar-refractivity contribution >= 4 is 56.8 Å². The van der Waals surface area contributed by atoms with E-state index in [0.29, 0.717) is 11.7 Å². The van der Waals surface area contributed by atoms with Crippen molar-refractivity contribution in [1.82, 2.24) is 14.8 Å². The molecule has 1 aromatic heterocycles. The van der Waals surface area contributed by atoms with Gasteiger partial charge in [-0.1, -0.05) is 23.5 Å². The number of likely N-dealkylation sites (tertiary alicyclic amines) is 1. The van der Waals surface area contributed by atoms with Gasteiger partial charge in [-0.15, -0.1) is 12.4 Å². The van der Waals surface area contributed by atoms with Crippen LogP contribution < -0.4 is 4.90 Å². The number of carbonyl (C=O) groups excluding carboxylic acids is 3. The molecule has 0 N–H and O–H groups in total. The van der Waals surface area contributed by atoms with Crippen LogP contribution in [0.15, 0.2) is 24.3 Å². The molecule has 0 aliphatic carbocycles. The highest BCUT2D eigenvalue weighted by molar-refractivity contribution is 7.22. The number of ether oxygens (including phenoxy) is 1. The number of thiazole rings is 1. The van der Waals surface area contributed by atoms with Crippen molar-refractivity contribution in [2.24, 2.45) is 0 Å². The number of morpholine rings is 1. The van der Waals surface area contributed by atoms with Gasteiger partial charge in [0.15, 0.2) is 5.13 Å². The van der Waals surface area contributed by atoms with Crippen LogP contribution in [0.25, 0.3) is 10.2 Å². The lowest BCUT2D eigenvalue weighted by Gasteiger charge is -2.28. The van der Waals surface area contributed by atoms with Gasteiger partial charge in [0.2, 0.25) is 17.7 Å². The summed E-state index contributed by atoms with van der Waals surface area (Å²) in [7, 11) is 0. The first kappa shape index (κ1) is 22.6. The second-order valence-electron chi connectivity index (χ2n) is 7.19. The topological polar surface area (TPSA) is 83.1 Å². The number of fused-ring (bicyclic) bond motifs is 1. The molecule has 30 heavy (non-hydrogen) atoms. The summed E-state index contributed by atoms with van der Waals surface area (Å²) in [5.41, 5.74) is 0.840. The number of aromatic nitrogens is 1. The molecule has 2 fully saturated rings. The molecule has 4 rings (SSSR count). The highest BCUT2D eigenvalue weighted by Gasteiger charge is 2.32. The van der Waals surface area contributed by atoms with E-state index in [1.165, 1.54) is 11.3 Å². The lowest BCUT2D eigenvalue weighted by atomic mass is 10.3. The van der Waals surface area contributed by atoms with Crippen LogP contribution in [0.2, 0.25) is 0 Å². The molecule has 0 spiro atoms. The average molecular weight is 453 g/mol. The molecule has 1 aromatic carbocycles. The molecule has 2 aliphatic rings. The highest BCUT2D eigenvalue weighted by atomic mass is 35.5. The Kier molecular flexibility index (Phi) is 7.76. The molecule has 0 saturated carbocycles. The molecule has 3 amide bonds. The Hall–Kier alpha value is -2.07. The zero-order valence-electron chi connectivity index (χ0n) is 16.6. The fourth-order valence-corrected chi connectivity index (χ4v) is 4.61. The van der Waals surface area contributed by atoms with E-state index in [4.69, 9.17) is 4.74 Å². The maximum atomic E-state index is 13.1. The maximum absolute atomic E-state index is 13.1. The summed E-state index contributed by atoms with van der Waals surface area (Å²) in [6.07, 6.45) is 1.15. The van der Waals surface area contributed by atoms with E-state index in [0.717, 1.165) is 54.4 Å². The van der Waals surface area contributed by atoms with Gasteiger partial charge in [0.1, 0.15) is 6.54 Å². The van der Waals surface area contributed by atoms with Gasteiger partial charge in [0, 0.05) is 39.0 Å². The van der Waals surface area contributed by atoms with Gasteiger partial charge in [-0.3, -0.25) is 29.1 Å². The number of halogens is 1. The Balaban J connectivity index is 0.00000256. The first-order valence-corrected chi connectivity index (χ1v) is 10.7. The average Bonchev–Trinajstić information content (AvgIpc) is 3.30. The zero-order valence-corrected chi connectivity index (χ0v) is 18.3. The largest absolute Gasteiger partial charge is 0.379 e. The third-order valence-corrected chi connectivity index (χ3v) is 6.28. The minimum Gasteiger partial charge on any atom is -0.379 e. The van der Waals surface area contributed by atoms with Gasteiger partial charge in [0.05, 0.1) is 23.4 Å². The third kappa shape index (κ3) is 5.15. The van der Waals surface area contributed by atoms with Gasteiger partial charge in [-0.05, 0) is 18.6 Å². The van der Waals surface area contributed by atoms with Crippen molar-refractivity contribution in [3.8, 4) is 0 Å². The minimum absolute atomic E-state index is 0. The first-order chi connectivity index (χ1) is 14.1. The van der Waals surface area contributed by atoms with E-state index >= 15 is 0 Å². The summed E-state index contributed by atoms with van der Waals surface area (Å²) < 4.78 is 6.38. The summed E-state index contributed by atoms with van der Waals surface area (Å²) in [6.45, 7) is 4.40. The van der Waals surface area contributed by atoms with Crippen LogP contribution in [-0.2, 0) is 19.1 Å². The summed E-state index contributed by atoms with van der Waals surface area (Å²) in [6, 6.07) is 7.74. The number of para-hydroxylation sites is 1. The molecule has 8 nitrogen and oxygen atoms in total. The van der Waals surface area contributed by atoms with Crippen LogP contribution in [0.5, 0.6) is 0 Å². The fraction of sp³-hybridized carbons (Fsp3) is 0.500. The third-order valence-electron chi connectivity index (χ3n) is 5.22. The van der Waals surface area contributed by atoms with Crippen molar-refractivity contribution in [1.29, 1.82) is 0 Å². The van der Waals surface area contributed by atoms with Gasteiger partial charge < -0.3 is 4.74 Å². The minimum atomic E-state index is -0.277. The van der Waals surface area contributed by atoms with Crippen molar-refractivity contribution in [3.63, 3.8) is 0 Å². The number of rotatable bonds is 7. The monoisotopic (exact) mass is 452 g/mol. The molecule has 0 radical (unpaired) electrons. The standard InChI is InChI=1S/C20H24N4O4S.ClH/c25-17-6-7-18(26)24(17)14-19(27)23(9-3-8-22-10-12-28-13-11-22)20-21-15-4-1-2-5-16(15)29-20;/h1-2,4-5H,3,6-14H2;1H. The van der Waals surface area contributed by atoms with Gasteiger partial charge in [0.25, 0.3) is 0 Å². The first-order valence-electron chi connectivity index (χ1n) is 9.91. The van der Waals surface area contributed by atoms with Gasteiger partial charge >= 0.3 is 0 Å². The van der Waals surface area contributed by atoms with E-state index in [9.17, 15) is 14.4 Å². The molecular formula is C20H25ClN4O4S. The van der Waals surface area contributed by atoms with Crippen molar-refractivity contribution < 1.29 is 19.1 Å². The van der Waals surface area contributed by atoms with Gasteiger partial charge in [-0.2, -0.15) is 0 Å². The van der Waals surface area contributed by atoms with Crippen LogP contribution in [0.3, 0.4) is 0 Å². The lowest BCUT2D eigenvalue weighted by molar-refractivity contribution is -0.141. The van der Waals surface area contributed by atoms with E-state index < -0.39 is 0 Å². The summed E-state index contributed by atoms with van der Waals surface area (Å²) in [5.74, 6) is -0.823. The summed E-state index contributed by atoms with van der Waals surface area (Å²) >= 11 is 1.45. The maximum Gasteiger partial charge on any atom is 0.248 e. The van der Waals surface area contributed by atoms with Crippen molar-refractivity contribution in [2.45, 2.75) is 19.3 Å². The van der Waals surface area contributed by atoms with E-state index in [2.05, 4.69) is 9.88 Å². The molecule has 2 aromatic rings. The molecule has 0 unspecified atom stereocenters. The molecule has 3 heterocycles. The number of amides is 3. The Morgan fingerprint density at radius 2 is 1.83 bits per heavy atom. The van der Waals surface area contributed by atoms with E-state index in [-0.39, 0.29) is 49.5 Å². The van der Waals surface area contributed by atoms with E-state index in [1.54, 1.807) is 4.90 Å². The summed E-state index contributed by atoms with van der Waals surface area (Å²) in [4.78, 5) is 46.6. The number of hydrogen-bond donors (Lipinski definition) is 0. The fourth-order valence-electron chi connectivity index (χ4n) is 3.60. The molecular weight excluding hydrogens is 428 g/mol. The van der Waals surface area contributed by atoms with Crippen LogP contribution in [-0.4, -0.2) is 78.4 Å². The number of carbonyl (C=O) groups is 3. The number of hydrogen-bond acceptors (Lipinski definition) is 7. The Morgan fingerprint density at radius 3 is 2.53 bits per heavy atom. The number of nitrogens with zero attached hydrogens (tertiary/aromatic N) is 4. The summed E-state index contributed by atoms with van der Waals surface area (Å²) in [5, 5.41) is 0.609. The van der Waals surface area contributed by atoms with Crippen LogP contribution in [0.1, 0.15) is 19.3 Å². The SMILES string of the molecule is Cl.O=C1CCC(=O)N1CC(=O)N(CCCN1CCOCC1)c1nc2ccccc2s1.